The summed E-state index contributed by atoms with van der Waals surface area (Å²) in [5.74, 6) is 0.617. The minimum absolute atomic E-state index is 0.170. The van der Waals surface area contributed by atoms with Crippen molar-refractivity contribution in [2.45, 2.75) is 19.1 Å². The van der Waals surface area contributed by atoms with Crippen molar-refractivity contribution in [2.75, 3.05) is 7.05 Å². The number of H-pyrrole nitrogens is 1. The predicted octanol–water partition coefficient (Wildman–Crippen LogP) is 2.79. The van der Waals surface area contributed by atoms with Crippen molar-refractivity contribution < 1.29 is 14.3 Å². The van der Waals surface area contributed by atoms with Crippen LogP contribution >= 0.6 is 0 Å². The summed E-state index contributed by atoms with van der Waals surface area (Å²) in [5.41, 5.74) is 3.11. The maximum atomic E-state index is 12.0. The summed E-state index contributed by atoms with van der Waals surface area (Å²) in [7, 11) is 1.58. The fourth-order valence-electron chi connectivity index (χ4n) is 3.00. The molecule has 0 aliphatic carbocycles. The van der Waals surface area contributed by atoms with Crippen LogP contribution in [-0.4, -0.2) is 30.1 Å². The van der Waals surface area contributed by atoms with Crippen LogP contribution in [0, 0.1) is 0 Å². The molecule has 3 aromatic rings. The molecule has 1 atom stereocenters. The Balaban J connectivity index is 1.52. The minimum Gasteiger partial charge on any atom is -0.489 e. The standard InChI is InChI=1S/C20H19N3O3/c1-21-20-23-19(24)18(26-20)9-14-11-22-17-8-7-15(10-16(14)17)25-12-13-5-3-2-4-6-13/h2-8,10-11,18,22H,9,12H2,1H3,(H,21,23,24). The van der Waals surface area contributed by atoms with Crippen LogP contribution in [0.2, 0.25) is 0 Å². The van der Waals surface area contributed by atoms with Gasteiger partial charge in [0.05, 0.1) is 0 Å². The fourth-order valence-corrected chi connectivity index (χ4v) is 3.00. The number of fused-ring (bicyclic) bond motifs is 1. The molecule has 6 heteroatoms. The Morgan fingerprint density at radius 2 is 2.04 bits per heavy atom. The summed E-state index contributed by atoms with van der Waals surface area (Å²) in [4.78, 5) is 19.1. The van der Waals surface area contributed by atoms with Crippen molar-refractivity contribution in [1.29, 1.82) is 0 Å². The number of amidine groups is 1. The van der Waals surface area contributed by atoms with E-state index in [0.29, 0.717) is 13.0 Å². The van der Waals surface area contributed by atoms with Gasteiger partial charge in [-0.2, -0.15) is 0 Å². The van der Waals surface area contributed by atoms with Gasteiger partial charge in [-0.25, -0.2) is 4.99 Å². The van der Waals surface area contributed by atoms with Crippen LogP contribution in [0.4, 0.5) is 0 Å². The molecular weight excluding hydrogens is 330 g/mol. The number of nitrogens with zero attached hydrogens (tertiary/aromatic N) is 1. The van der Waals surface area contributed by atoms with Gasteiger partial charge < -0.3 is 14.5 Å². The minimum atomic E-state index is -0.568. The molecule has 2 aromatic carbocycles. The lowest BCUT2D eigenvalue weighted by Gasteiger charge is -2.08. The van der Waals surface area contributed by atoms with E-state index >= 15 is 0 Å². The first-order valence-electron chi connectivity index (χ1n) is 8.44. The summed E-state index contributed by atoms with van der Waals surface area (Å²) in [6.07, 6.45) is 1.80. The third-order valence-electron chi connectivity index (χ3n) is 4.37. The van der Waals surface area contributed by atoms with Crippen LogP contribution < -0.4 is 10.1 Å². The predicted molar refractivity (Wildman–Crippen MR) is 99.2 cm³/mol. The number of ether oxygens (including phenoxy) is 2. The van der Waals surface area contributed by atoms with Gasteiger partial charge >= 0.3 is 0 Å². The van der Waals surface area contributed by atoms with Gasteiger partial charge in [0.1, 0.15) is 12.4 Å². The van der Waals surface area contributed by atoms with Crippen LogP contribution in [0.1, 0.15) is 11.1 Å². The maximum Gasteiger partial charge on any atom is 0.292 e. The zero-order valence-corrected chi connectivity index (χ0v) is 14.4. The SMILES string of the molecule is CN=C1NC(=O)C(Cc2c[nH]c3ccc(OCc4ccccc4)cc23)O1. The number of carbonyl (C=O) groups is 1. The lowest BCUT2D eigenvalue weighted by molar-refractivity contribution is -0.123. The van der Waals surface area contributed by atoms with Gasteiger partial charge in [0, 0.05) is 30.6 Å². The van der Waals surface area contributed by atoms with Crippen molar-refractivity contribution >= 4 is 22.8 Å². The van der Waals surface area contributed by atoms with Crippen molar-refractivity contribution in [3.05, 3.63) is 65.9 Å². The first-order valence-corrected chi connectivity index (χ1v) is 8.44. The van der Waals surface area contributed by atoms with Crippen molar-refractivity contribution in [1.82, 2.24) is 10.3 Å². The van der Waals surface area contributed by atoms with Gasteiger partial charge in [-0.1, -0.05) is 30.3 Å². The van der Waals surface area contributed by atoms with Gasteiger partial charge in [0.25, 0.3) is 11.9 Å². The third-order valence-corrected chi connectivity index (χ3v) is 4.37. The van der Waals surface area contributed by atoms with E-state index in [2.05, 4.69) is 15.3 Å². The van der Waals surface area contributed by atoms with Crippen LogP contribution in [-0.2, 0) is 22.6 Å². The molecule has 1 aromatic heterocycles. The topological polar surface area (TPSA) is 75.7 Å². The van der Waals surface area contributed by atoms with Crippen molar-refractivity contribution in [3.63, 3.8) is 0 Å². The maximum absolute atomic E-state index is 12.0. The highest BCUT2D eigenvalue weighted by atomic mass is 16.5. The van der Waals surface area contributed by atoms with E-state index in [1.54, 1.807) is 7.05 Å². The lowest BCUT2D eigenvalue weighted by Crippen LogP contribution is -2.26. The summed E-state index contributed by atoms with van der Waals surface area (Å²) in [5, 5.41) is 3.64. The molecule has 2 heterocycles. The van der Waals surface area contributed by atoms with Gasteiger partial charge in [-0.3, -0.25) is 10.1 Å². The van der Waals surface area contributed by atoms with E-state index < -0.39 is 6.10 Å². The number of carbonyl (C=O) groups excluding carboxylic acids is 1. The summed E-state index contributed by atoms with van der Waals surface area (Å²) in [6.45, 7) is 0.510. The number of hydrogen-bond donors (Lipinski definition) is 2. The van der Waals surface area contributed by atoms with Crippen LogP contribution in [0.25, 0.3) is 10.9 Å². The average Bonchev–Trinajstić information content (AvgIpc) is 3.24. The van der Waals surface area contributed by atoms with Crippen LogP contribution in [0.5, 0.6) is 5.75 Å². The molecule has 1 unspecified atom stereocenters. The molecule has 6 nitrogen and oxygen atoms in total. The number of aromatic amines is 1. The Labute approximate surface area is 150 Å². The Morgan fingerprint density at radius 1 is 1.19 bits per heavy atom. The number of nitrogens with one attached hydrogen (secondary N) is 2. The second-order valence-corrected chi connectivity index (χ2v) is 6.12. The summed E-state index contributed by atoms with van der Waals surface area (Å²) < 4.78 is 11.4. The molecule has 0 spiro atoms. The second-order valence-electron chi connectivity index (χ2n) is 6.12. The first-order chi connectivity index (χ1) is 12.7. The first kappa shape index (κ1) is 16.2. The van der Waals surface area contributed by atoms with E-state index in [1.807, 2.05) is 54.7 Å². The monoisotopic (exact) mass is 349 g/mol. The smallest absolute Gasteiger partial charge is 0.292 e. The van der Waals surface area contributed by atoms with E-state index in [9.17, 15) is 4.79 Å². The Kier molecular flexibility index (Phi) is 4.31. The number of rotatable bonds is 5. The Hall–Kier alpha value is -3.28. The van der Waals surface area contributed by atoms with Gasteiger partial charge in [0.15, 0.2) is 6.10 Å². The van der Waals surface area contributed by atoms with Gasteiger partial charge in [-0.05, 0) is 29.3 Å². The molecule has 0 saturated carbocycles. The largest absolute Gasteiger partial charge is 0.489 e. The number of amides is 1. The molecule has 2 N–H and O–H groups in total. The second kappa shape index (κ2) is 6.92. The van der Waals surface area contributed by atoms with Crippen LogP contribution in [0.15, 0.2) is 59.7 Å². The average molecular weight is 349 g/mol. The molecule has 1 aliphatic heterocycles. The molecule has 26 heavy (non-hydrogen) atoms. The van der Waals surface area contributed by atoms with E-state index in [4.69, 9.17) is 9.47 Å². The molecule has 1 saturated heterocycles. The van der Waals surface area contributed by atoms with E-state index in [-0.39, 0.29) is 11.9 Å². The van der Waals surface area contributed by atoms with E-state index in [1.165, 1.54) is 0 Å². The summed E-state index contributed by atoms with van der Waals surface area (Å²) in [6, 6.07) is 16.2. The Bertz CT molecular complexity index is 963. The zero-order chi connectivity index (χ0) is 17.9. The normalized spacial score (nSPS) is 18.1. The van der Waals surface area contributed by atoms with Crippen molar-refractivity contribution in [3.8, 4) is 5.75 Å². The highest BCUT2D eigenvalue weighted by Gasteiger charge is 2.31. The number of benzene rings is 2. The highest BCUT2D eigenvalue weighted by molar-refractivity contribution is 6.02. The fraction of sp³-hybridized carbons (Fsp3) is 0.200. The molecule has 0 bridgehead atoms. The molecule has 4 rings (SSSR count). The number of aromatic nitrogens is 1. The van der Waals surface area contributed by atoms with Gasteiger partial charge in [-0.15, -0.1) is 0 Å². The highest BCUT2D eigenvalue weighted by Crippen LogP contribution is 2.26. The quantitative estimate of drug-likeness (QED) is 0.744. The molecule has 132 valence electrons. The summed E-state index contributed by atoms with van der Waals surface area (Å²) >= 11 is 0. The van der Waals surface area contributed by atoms with Crippen LogP contribution in [0.3, 0.4) is 0 Å². The van der Waals surface area contributed by atoms with Crippen molar-refractivity contribution in [2.24, 2.45) is 4.99 Å². The molecule has 1 fully saturated rings. The molecule has 1 amide bonds. The number of hydrogen-bond acceptors (Lipinski definition) is 4. The van der Waals surface area contributed by atoms with E-state index in [0.717, 1.165) is 27.8 Å². The zero-order valence-electron chi connectivity index (χ0n) is 14.4. The number of aliphatic imine (C=N–C) groups is 1. The molecular formula is C20H19N3O3. The molecule has 0 radical (unpaired) electrons. The lowest BCUT2D eigenvalue weighted by atomic mass is 10.1. The third kappa shape index (κ3) is 3.26. The van der Waals surface area contributed by atoms with Gasteiger partial charge in [0.2, 0.25) is 0 Å². The molecule has 1 aliphatic rings. The Morgan fingerprint density at radius 3 is 2.81 bits per heavy atom.